The summed E-state index contributed by atoms with van der Waals surface area (Å²) >= 11 is 0. The second kappa shape index (κ2) is 3.94. The zero-order chi connectivity index (χ0) is 13.5. The van der Waals surface area contributed by atoms with Crippen molar-refractivity contribution in [1.82, 2.24) is 4.90 Å². The van der Waals surface area contributed by atoms with Gasteiger partial charge in [-0.3, -0.25) is 14.5 Å². The molecule has 0 radical (unpaired) electrons. The maximum absolute atomic E-state index is 12.2. The molecule has 94 valence electrons. The molecule has 0 fully saturated rings. The standard InChI is InChI=1S/C13H13NO4/c1-13(2,12(17)18)14-10(15)7-8-5-3-4-6-9(8)11(14)16/h3-6H,7H2,1-2H3,(H,17,18). The van der Waals surface area contributed by atoms with Crippen LogP contribution in [0.15, 0.2) is 24.3 Å². The van der Waals surface area contributed by atoms with E-state index in [0.717, 1.165) is 4.90 Å². The van der Waals surface area contributed by atoms with Crippen molar-refractivity contribution < 1.29 is 19.5 Å². The quantitative estimate of drug-likeness (QED) is 0.793. The van der Waals surface area contributed by atoms with E-state index in [9.17, 15) is 14.4 Å². The molecule has 1 aliphatic heterocycles. The minimum atomic E-state index is -1.54. The SMILES string of the molecule is CC(C)(C(=O)O)N1C(=O)Cc2ccccc2C1=O. The molecular weight excluding hydrogens is 234 g/mol. The summed E-state index contributed by atoms with van der Waals surface area (Å²) in [5, 5.41) is 9.13. The van der Waals surface area contributed by atoms with E-state index >= 15 is 0 Å². The molecule has 1 N–H and O–H groups in total. The highest BCUT2D eigenvalue weighted by molar-refractivity contribution is 6.12. The van der Waals surface area contributed by atoms with Gasteiger partial charge in [-0.25, -0.2) is 4.79 Å². The molecule has 0 saturated heterocycles. The van der Waals surface area contributed by atoms with Gasteiger partial charge in [-0.15, -0.1) is 0 Å². The monoisotopic (exact) mass is 247 g/mol. The van der Waals surface area contributed by atoms with Crippen LogP contribution in [0, 0.1) is 0 Å². The lowest BCUT2D eigenvalue weighted by molar-refractivity contribution is -0.154. The topological polar surface area (TPSA) is 74.7 Å². The lowest BCUT2D eigenvalue weighted by Crippen LogP contribution is -2.58. The van der Waals surface area contributed by atoms with Gasteiger partial charge in [0.2, 0.25) is 5.91 Å². The number of rotatable bonds is 2. The lowest BCUT2D eigenvalue weighted by atomic mass is 9.93. The number of amides is 2. The number of carbonyl (C=O) groups excluding carboxylic acids is 2. The van der Waals surface area contributed by atoms with Crippen molar-refractivity contribution in [2.24, 2.45) is 0 Å². The van der Waals surface area contributed by atoms with Crippen molar-refractivity contribution >= 4 is 17.8 Å². The number of benzene rings is 1. The predicted octanol–water partition coefficient (Wildman–Crippen LogP) is 1.07. The molecule has 0 atom stereocenters. The maximum Gasteiger partial charge on any atom is 0.329 e. The molecule has 2 amide bonds. The van der Waals surface area contributed by atoms with Crippen molar-refractivity contribution in [3.05, 3.63) is 35.4 Å². The van der Waals surface area contributed by atoms with Gasteiger partial charge in [0, 0.05) is 5.56 Å². The van der Waals surface area contributed by atoms with Gasteiger partial charge in [-0.1, -0.05) is 18.2 Å². The molecule has 1 aromatic rings. The summed E-state index contributed by atoms with van der Waals surface area (Å²) in [5.41, 5.74) is -0.502. The maximum atomic E-state index is 12.2. The Bertz CT molecular complexity index is 548. The highest BCUT2D eigenvalue weighted by Crippen LogP contribution is 2.26. The first-order valence-electron chi connectivity index (χ1n) is 5.54. The van der Waals surface area contributed by atoms with Crippen LogP contribution in [0.4, 0.5) is 0 Å². The zero-order valence-electron chi connectivity index (χ0n) is 10.1. The fourth-order valence-corrected chi connectivity index (χ4v) is 2.02. The lowest BCUT2D eigenvalue weighted by Gasteiger charge is -2.36. The average Bonchev–Trinajstić information content (AvgIpc) is 2.28. The molecule has 0 saturated carbocycles. The summed E-state index contributed by atoms with van der Waals surface area (Å²) in [6, 6.07) is 6.75. The molecule has 0 unspecified atom stereocenters. The Balaban J connectivity index is 2.51. The van der Waals surface area contributed by atoms with Crippen LogP contribution >= 0.6 is 0 Å². The molecule has 0 bridgehead atoms. The van der Waals surface area contributed by atoms with Crippen LogP contribution in [0.1, 0.15) is 29.8 Å². The van der Waals surface area contributed by atoms with E-state index in [1.165, 1.54) is 13.8 Å². The third-order valence-electron chi connectivity index (χ3n) is 3.12. The Hall–Kier alpha value is -2.17. The van der Waals surface area contributed by atoms with E-state index in [1.54, 1.807) is 24.3 Å². The fourth-order valence-electron chi connectivity index (χ4n) is 2.02. The molecule has 1 heterocycles. The molecule has 1 aliphatic rings. The molecular formula is C13H13NO4. The largest absolute Gasteiger partial charge is 0.480 e. The Labute approximate surface area is 104 Å². The Morgan fingerprint density at radius 2 is 1.89 bits per heavy atom. The number of nitrogens with zero attached hydrogens (tertiary/aromatic N) is 1. The number of hydrogen-bond acceptors (Lipinski definition) is 3. The number of imide groups is 1. The molecule has 1 aromatic carbocycles. The van der Waals surface area contributed by atoms with Crippen LogP contribution in [0.2, 0.25) is 0 Å². The van der Waals surface area contributed by atoms with E-state index in [0.29, 0.717) is 11.1 Å². The zero-order valence-corrected chi connectivity index (χ0v) is 10.1. The molecule has 2 rings (SSSR count). The first-order chi connectivity index (χ1) is 8.35. The molecule has 5 heteroatoms. The van der Waals surface area contributed by atoms with Crippen LogP contribution in [-0.2, 0) is 16.0 Å². The van der Waals surface area contributed by atoms with Gasteiger partial charge >= 0.3 is 5.97 Å². The normalized spacial score (nSPS) is 15.6. The minimum absolute atomic E-state index is 0.0542. The van der Waals surface area contributed by atoms with Crippen molar-refractivity contribution in [3.63, 3.8) is 0 Å². The minimum Gasteiger partial charge on any atom is -0.480 e. The van der Waals surface area contributed by atoms with Gasteiger partial charge in [0.1, 0.15) is 5.54 Å². The van der Waals surface area contributed by atoms with Crippen LogP contribution in [-0.4, -0.2) is 33.3 Å². The second-order valence-corrected chi connectivity index (χ2v) is 4.73. The predicted molar refractivity (Wildman–Crippen MR) is 63.0 cm³/mol. The number of carboxylic acids is 1. The van der Waals surface area contributed by atoms with Gasteiger partial charge in [-0.2, -0.15) is 0 Å². The Kier molecular flexibility index (Phi) is 2.69. The molecule has 0 aliphatic carbocycles. The van der Waals surface area contributed by atoms with Gasteiger partial charge in [0.15, 0.2) is 0 Å². The summed E-state index contributed by atoms with van der Waals surface area (Å²) in [6.07, 6.45) is 0.0542. The Morgan fingerprint density at radius 3 is 2.50 bits per heavy atom. The number of hydrogen-bond donors (Lipinski definition) is 1. The molecule has 0 spiro atoms. The summed E-state index contributed by atoms with van der Waals surface area (Å²) in [7, 11) is 0. The van der Waals surface area contributed by atoms with E-state index < -0.39 is 23.3 Å². The smallest absolute Gasteiger partial charge is 0.329 e. The van der Waals surface area contributed by atoms with Crippen molar-refractivity contribution in [2.75, 3.05) is 0 Å². The number of carbonyl (C=O) groups is 3. The van der Waals surface area contributed by atoms with Crippen LogP contribution in [0.25, 0.3) is 0 Å². The summed E-state index contributed by atoms with van der Waals surface area (Å²) in [4.78, 5) is 36.2. The number of aliphatic carboxylic acids is 1. The first-order valence-corrected chi connectivity index (χ1v) is 5.54. The van der Waals surface area contributed by atoms with E-state index in [1.807, 2.05) is 0 Å². The highest BCUT2D eigenvalue weighted by Gasteiger charge is 2.45. The third-order valence-corrected chi connectivity index (χ3v) is 3.12. The van der Waals surface area contributed by atoms with Crippen molar-refractivity contribution in [1.29, 1.82) is 0 Å². The molecule has 0 aromatic heterocycles. The molecule has 18 heavy (non-hydrogen) atoms. The Morgan fingerprint density at radius 1 is 1.28 bits per heavy atom. The first kappa shape index (κ1) is 12.3. The van der Waals surface area contributed by atoms with Crippen molar-refractivity contribution in [2.45, 2.75) is 25.8 Å². The number of fused-ring (bicyclic) bond motifs is 1. The summed E-state index contributed by atoms with van der Waals surface area (Å²) < 4.78 is 0. The van der Waals surface area contributed by atoms with Crippen LogP contribution in [0.5, 0.6) is 0 Å². The summed E-state index contributed by atoms with van der Waals surface area (Å²) in [5.74, 6) is -2.23. The fraction of sp³-hybridized carbons (Fsp3) is 0.308. The second-order valence-electron chi connectivity index (χ2n) is 4.73. The van der Waals surface area contributed by atoms with Gasteiger partial charge in [-0.05, 0) is 25.5 Å². The van der Waals surface area contributed by atoms with E-state index in [4.69, 9.17) is 5.11 Å². The number of carboxylic acid groups (broad SMARTS) is 1. The third kappa shape index (κ3) is 1.68. The average molecular weight is 247 g/mol. The van der Waals surface area contributed by atoms with E-state index in [-0.39, 0.29) is 6.42 Å². The molecule has 5 nitrogen and oxygen atoms in total. The van der Waals surface area contributed by atoms with Crippen molar-refractivity contribution in [3.8, 4) is 0 Å². The van der Waals surface area contributed by atoms with Gasteiger partial charge in [0.05, 0.1) is 6.42 Å². The van der Waals surface area contributed by atoms with Gasteiger partial charge in [0.25, 0.3) is 5.91 Å². The van der Waals surface area contributed by atoms with E-state index in [2.05, 4.69) is 0 Å². The van der Waals surface area contributed by atoms with Crippen LogP contribution < -0.4 is 0 Å². The highest BCUT2D eigenvalue weighted by atomic mass is 16.4. The summed E-state index contributed by atoms with van der Waals surface area (Å²) in [6.45, 7) is 2.69. The van der Waals surface area contributed by atoms with Crippen LogP contribution in [0.3, 0.4) is 0 Å². The van der Waals surface area contributed by atoms with Gasteiger partial charge < -0.3 is 5.11 Å².